The summed E-state index contributed by atoms with van der Waals surface area (Å²) < 4.78 is 0. The number of carbonyl (C=O) groups is 1. The van der Waals surface area contributed by atoms with Crippen LogP contribution in [0.5, 0.6) is 0 Å². The van der Waals surface area contributed by atoms with Crippen molar-refractivity contribution in [1.82, 2.24) is 5.32 Å². The lowest BCUT2D eigenvalue weighted by atomic mass is 10.1. The van der Waals surface area contributed by atoms with E-state index in [1.165, 1.54) is 6.92 Å². The van der Waals surface area contributed by atoms with Crippen LogP contribution in [0.4, 0.5) is 0 Å². The van der Waals surface area contributed by atoms with E-state index in [-0.39, 0.29) is 12.5 Å². The van der Waals surface area contributed by atoms with Gasteiger partial charge in [-0.3, -0.25) is 4.79 Å². The van der Waals surface area contributed by atoms with Crippen molar-refractivity contribution in [3.05, 3.63) is 35.9 Å². The fourth-order valence-electron chi connectivity index (χ4n) is 1.28. The molecule has 0 aromatic heterocycles. The zero-order valence-electron chi connectivity index (χ0n) is 9.05. The maximum Gasteiger partial charge on any atom is 0.237 e. The molecule has 2 unspecified atom stereocenters. The first-order valence-electron chi connectivity index (χ1n) is 5.04. The molecule has 0 saturated carbocycles. The van der Waals surface area contributed by atoms with E-state index in [4.69, 9.17) is 5.26 Å². The van der Waals surface area contributed by atoms with Gasteiger partial charge in [-0.15, -0.1) is 0 Å². The molecule has 1 rings (SSSR count). The summed E-state index contributed by atoms with van der Waals surface area (Å²) in [5, 5.41) is 20.4. The van der Waals surface area contributed by atoms with E-state index in [2.05, 4.69) is 5.32 Å². The normalized spacial score (nSPS) is 13.6. The van der Waals surface area contributed by atoms with E-state index in [1.54, 1.807) is 0 Å². The van der Waals surface area contributed by atoms with Gasteiger partial charge in [0.25, 0.3) is 0 Å². The summed E-state index contributed by atoms with van der Waals surface area (Å²) in [5.74, 6) is -1.08. The third-order valence-electron chi connectivity index (χ3n) is 2.29. The van der Waals surface area contributed by atoms with Gasteiger partial charge in [-0.25, -0.2) is 0 Å². The quantitative estimate of drug-likeness (QED) is 0.791. The molecular formula is C12H14N2O2. The Morgan fingerprint density at radius 3 is 2.62 bits per heavy atom. The minimum atomic E-state index is -0.710. The van der Waals surface area contributed by atoms with Gasteiger partial charge in [0, 0.05) is 0 Å². The molecule has 0 saturated heterocycles. The molecule has 16 heavy (non-hydrogen) atoms. The fraction of sp³-hybridized carbons (Fsp3) is 0.333. The van der Waals surface area contributed by atoms with Gasteiger partial charge in [0.05, 0.1) is 18.7 Å². The molecule has 1 aromatic carbocycles. The van der Waals surface area contributed by atoms with E-state index in [1.807, 2.05) is 36.4 Å². The average molecular weight is 218 g/mol. The molecule has 4 nitrogen and oxygen atoms in total. The smallest absolute Gasteiger partial charge is 0.237 e. The molecule has 0 bridgehead atoms. The molecule has 0 aliphatic heterocycles. The molecule has 0 radical (unpaired) electrons. The first-order chi connectivity index (χ1) is 7.69. The predicted molar refractivity (Wildman–Crippen MR) is 59.2 cm³/mol. The standard InChI is InChI=1S/C12H14N2O2/c1-9(7-13)12(16)14-11(8-15)10-5-3-2-4-6-10/h2-6,9,11,15H,8H2,1H3,(H,14,16). The largest absolute Gasteiger partial charge is 0.394 e. The van der Waals surface area contributed by atoms with Crippen molar-refractivity contribution in [3.8, 4) is 6.07 Å². The van der Waals surface area contributed by atoms with Gasteiger partial charge in [-0.2, -0.15) is 5.26 Å². The van der Waals surface area contributed by atoms with Crippen molar-refractivity contribution in [2.75, 3.05) is 6.61 Å². The zero-order chi connectivity index (χ0) is 12.0. The topological polar surface area (TPSA) is 73.1 Å². The van der Waals surface area contributed by atoms with Gasteiger partial charge in [-0.05, 0) is 12.5 Å². The number of nitrogens with zero attached hydrogens (tertiary/aromatic N) is 1. The Bertz CT molecular complexity index is 384. The van der Waals surface area contributed by atoms with Crippen LogP contribution < -0.4 is 5.32 Å². The van der Waals surface area contributed by atoms with Crippen molar-refractivity contribution in [1.29, 1.82) is 5.26 Å². The Balaban J connectivity index is 2.71. The van der Waals surface area contributed by atoms with E-state index >= 15 is 0 Å². The Labute approximate surface area is 94.5 Å². The molecule has 0 heterocycles. The third-order valence-corrected chi connectivity index (χ3v) is 2.29. The number of aliphatic hydroxyl groups excluding tert-OH is 1. The van der Waals surface area contributed by atoms with Gasteiger partial charge in [0.1, 0.15) is 5.92 Å². The van der Waals surface area contributed by atoms with E-state index < -0.39 is 12.0 Å². The van der Waals surface area contributed by atoms with Crippen LogP contribution >= 0.6 is 0 Å². The summed E-state index contributed by atoms with van der Waals surface area (Å²) >= 11 is 0. The second-order valence-electron chi connectivity index (χ2n) is 3.51. The first kappa shape index (κ1) is 12.2. The van der Waals surface area contributed by atoms with Crippen molar-refractivity contribution in [2.45, 2.75) is 13.0 Å². The molecule has 1 amide bonds. The summed E-state index contributed by atoms with van der Waals surface area (Å²) in [6.07, 6.45) is 0. The molecular weight excluding hydrogens is 204 g/mol. The summed E-state index contributed by atoms with van der Waals surface area (Å²) in [6.45, 7) is 1.34. The number of rotatable bonds is 4. The molecule has 0 aliphatic carbocycles. The first-order valence-corrected chi connectivity index (χ1v) is 5.04. The molecule has 4 heteroatoms. The zero-order valence-corrected chi connectivity index (χ0v) is 9.05. The number of nitrogens with one attached hydrogen (secondary N) is 1. The number of carbonyl (C=O) groups excluding carboxylic acids is 1. The van der Waals surface area contributed by atoms with Gasteiger partial charge < -0.3 is 10.4 Å². The average Bonchev–Trinajstić information content (AvgIpc) is 2.35. The van der Waals surface area contributed by atoms with E-state index in [9.17, 15) is 9.90 Å². The highest BCUT2D eigenvalue weighted by molar-refractivity contribution is 5.81. The Morgan fingerprint density at radius 2 is 2.12 bits per heavy atom. The van der Waals surface area contributed by atoms with E-state index in [0.29, 0.717) is 0 Å². The van der Waals surface area contributed by atoms with Crippen LogP contribution in [0.1, 0.15) is 18.5 Å². The van der Waals surface area contributed by atoms with Crippen molar-refractivity contribution in [3.63, 3.8) is 0 Å². The molecule has 2 atom stereocenters. The molecule has 84 valence electrons. The summed E-state index contributed by atoms with van der Waals surface area (Å²) in [5.41, 5.74) is 0.823. The molecule has 0 spiro atoms. The number of benzene rings is 1. The monoisotopic (exact) mass is 218 g/mol. The van der Waals surface area contributed by atoms with Crippen LogP contribution in [-0.4, -0.2) is 17.6 Å². The number of amides is 1. The van der Waals surface area contributed by atoms with Gasteiger partial charge in [0.15, 0.2) is 0 Å². The number of hydrogen-bond acceptors (Lipinski definition) is 3. The minimum absolute atomic E-state index is 0.187. The van der Waals surface area contributed by atoms with Crippen LogP contribution in [0.15, 0.2) is 30.3 Å². The lowest BCUT2D eigenvalue weighted by molar-refractivity contribution is -0.124. The van der Waals surface area contributed by atoms with Gasteiger partial charge in [-0.1, -0.05) is 30.3 Å². The second kappa shape index (κ2) is 5.89. The third kappa shape index (κ3) is 3.07. The Hall–Kier alpha value is -1.86. The summed E-state index contributed by atoms with van der Waals surface area (Å²) in [4.78, 5) is 11.5. The highest BCUT2D eigenvalue weighted by atomic mass is 16.3. The van der Waals surface area contributed by atoms with Crippen molar-refractivity contribution < 1.29 is 9.90 Å². The Kier molecular flexibility index (Phi) is 4.49. The van der Waals surface area contributed by atoms with Gasteiger partial charge >= 0.3 is 0 Å². The van der Waals surface area contributed by atoms with E-state index in [0.717, 1.165) is 5.56 Å². The van der Waals surface area contributed by atoms with Crippen molar-refractivity contribution in [2.24, 2.45) is 5.92 Å². The van der Waals surface area contributed by atoms with Crippen LogP contribution in [0.2, 0.25) is 0 Å². The van der Waals surface area contributed by atoms with Crippen LogP contribution in [0.25, 0.3) is 0 Å². The number of hydrogen-bond donors (Lipinski definition) is 2. The highest BCUT2D eigenvalue weighted by Crippen LogP contribution is 2.12. The SMILES string of the molecule is CC(C#N)C(=O)NC(CO)c1ccccc1. The van der Waals surface area contributed by atoms with Gasteiger partial charge in [0.2, 0.25) is 5.91 Å². The van der Waals surface area contributed by atoms with Crippen LogP contribution in [-0.2, 0) is 4.79 Å². The molecule has 0 fully saturated rings. The van der Waals surface area contributed by atoms with Crippen molar-refractivity contribution >= 4 is 5.91 Å². The van der Waals surface area contributed by atoms with Crippen LogP contribution in [0, 0.1) is 17.2 Å². The second-order valence-corrected chi connectivity index (χ2v) is 3.51. The number of aliphatic hydroxyl groups is 1. The fourth-order valence-corrected chi connectivity index (χ4v) is 1.28. The summed E-state index contributed by atoms with van der Waals surface area (Å²) in [6, 6.07) is 10.6. The number of nitriles is 1. The lowest BCUT2D eigenvalue weighted by Crippen LogP contribution is -2.34. The Morgan fingerprint density at radius 1 is 1.50 bits per heavy atom. The lowest BCUT2D eigenvalue weighted by Gasteiger charge is -2.17. The maximum atomic E-state index is 11.5. The molecule has 2 N–H and O–H groups in total. The molecule has 1 aromatic rings. The molecule has 0 aliphatic rings. The predicted octanol–water partition coefficient (Wildman–Crippen LogP) is 0.996. The summed E-state index contributed by atoms with van der Waals surface area (Å²) in [7, 11) is 0. The highest BCUT2D eigenvalue weighted by Gasteiger charge is 2.17. The van der Waals surface area contributed by atoms with Crippen LogP contribution in [0.3, 0.4) is 0 Å². The minimum Gasteiger partial charge on any atom is -0.394 e. The maximum absolute atomic E-state index is 11.5.